The first kappa shape index (κ1) is 14.7. The molecule has 0 radical (unpaired) electrons. The molecular weight excluding hydrogens is 224 g/mol. The lowest BCUT2D eigenvalue weighted by Gasteiger charge is -2.24. The molecule has 0 aliphatic rings. The third kappa shape index (κ3) is 4.87. The zero-order chi connectivity index (χ0) is 13.2. The Bertz CT molecular complexity index is 353. The SMILES string of the molecule is CCCC(COC)NC(CC#N)c1ccccc1. The second kappa shape index (κ2) is 8.68. The van der Waals surface area contributed by atoms with Crippen molar-refractivity contribution in [2.24, 2.45) is 0 Å². The molecular formula is C15H22N2O. The van der Waals surface area contributed by atoms with Crippen molar-refractivity contribution in [1.29, 1.82) is 5.26 Å². The summed E-state index contributed by atoms with van der Waals surface area (Å²) in [4.78, 5) is 0. The standard InChI is InChI=1S/C15H22N2O/c1-3-7-14(12-18-2)17-15(10-11-16)13-8-5-4-6-9-13/h4-6,8-9,14-15,17H,3,7,10,12H2,1-2H3. The Kier molecular flexibility index (Phi) is 7.09. The highest BCUT2D eigenvalue weighted by molar-refractivity contribution is 5.20. The van der Waals surface area contributed by atoms with Crippen LogP contribution in [0.25, 0.3) is 0 Å². The van der Waals surface area contributed by atoms with Crippen molar-refractivity contribution in [2.75, 3.05) is 13.7 Å². The number of methoxy groups -OCH3 is 1. The first-order chi connectivity index (χ1) is 8.81. The van der Waals surface area contributed by atoms with Crippen molar-refractivity contribution in [3.63, 3.8) is 0 Å². The molecule has 18 heavy (non-hydrogen) atoms. The van der Waals surface area contributed by atoms with Crippen LogP contribution < -0.4 is 5.32 Å². The molecule has 0 saturated heterocycles. The molecule has 0 aliphatic heterocycles. The summed E-state index contributed by atoms with van der Waals surface area (Å²) in [5.74, 6) is 0. The van der Waals surface area contributed by atoms with E-state index in [4.69, 9.17) is 10.00 Å². The number of hydrogen-bond acceptors (Lipinski definition) is 3. The topological polar surface area (TPSA) is 45.0 Å². The first-order valence-electron chi connectivity index (χ1n) is 6.48. The molecule has 3 heteroatoms. The van der Waals surface area contributed by atoms with E-state index in [1.165, 1.54) is 0 Å². The largest absolute Gasteiger partial charge is 0.383 e. The molecule has 0 fully saturated rings. The van der Waals surface area contributed by atoms with Crippen molar-refractivity contribution < 1.29 is 4.74 Å². The smallest absolute Gasteiger partial charge is 0.0641 e. The van der Waals surface area contributed by atoms with Gasteiger partial charge in [-0.25, -0.2) is 0 Å². The second-order valence-corrected chi connectivity index (χ2v) is 4.43. The van der Waals surface area contributed by atoms with Crippen molar-refractivity contribution >= 4 is 0 Å². The Balaban J connectivity index is 2.70. The molecule has 1 aromatic rings. The van der Waals surface area contributed by atoms with Crippen LogP contribution in [-0.2, 0) is 4.74 Å². The highest BCUT2D eigenvalue weighted by Crippen LogP contribution is 2.17. The normalized spacial score (nSPS) is 13.8. The van der Waals surface area contributed by atoms with Gasteiger partial charge in [-0.15, -0.1) is 0 Å². The Labute approximate surface area is 110 Å². The average molecular weight is 246 g/mol. The molecule has 0 bridgehead atoms. The lowest BCUT2D eigenvalue weighted by atomic mass is 10.0. The fourth-order valence-corrected chi connectivity index (χ4v) is 2.10. The van der Waals surface area contributed by atoms with Crippen LogP contribution in [0.15, 0.2) is 30.3 Å². The summed E-state index contributed by atoms with van der Waals surface area (Å²) < 4.78 is 5.23. The maximum Gasteiger partial charge on any atom is 0.0641 e. The van der Waals surface area contributed by atoms with Gasteiger partial charge in [-0.3, -0.25) is 0 Å². The van der Waals surface area contributed by atoms with Crippen LogP contribution in [-0.4, -0.2) is 19.8 Å². The predicted octanol–water partition coefficient (Wildman–Crippen LogP) is 3.05. The minimum atomic E-state index is 0.0860. The van der Waals surface area contributed by atoms with Gasteiger partial charge in [-0.1, -0.05) is 43.7 Å². The van der Waals surface area contributed by atoms with Crippen molar-refractivity contribution in [3.05, 3.63) is 35.9 Å². The van der Waals surface area contributed by atoms with E-state index in [0.717, 1.165) is 18.4 Å². The maximum absolute atomic E-state index is 8.95. The Hall–Kier alpha value is -1.37. The summed E-state index contributed by atoms with van der Waals surface area (Å²) in [5.41, 5.74) is 1.16. The second-order valence-electron chi connectivity index (χ2n) is 4.43. The summed E-state index contributed by atoms with van der Waals surface area (Å²) in [5, 5.41) is 12.5. The van der Waals surface area contributed by atoms with E-state index in [1.807, 2.05) is 18.2 Å². The van der Waals surface area contributed by atoms with Crippen LogP contribution >= 0.6 is 0 Å². The molecule has 0 saturated carbocycles. The molecule has 0 spiro atoms. The van der Waals surface area contributed by atoms with E-state index in [0.29, 0.717) is 19.1 Å². The molecule has 1 aromatic carbocycles. The number of nitrogens with one attached hydrogen (secondary N) is 1. The molecule has 1 N–H and O–H groups in total. The number of ether oxygens (including phenoxy) is 1. The van der Waals surface area contributed by atoms with Gasteiger partial charge in [0.05, 0.1) is 19.1 Å². The summed E-state index contributed by atoms with van der Waals surface area (Å²) in [6.45, 7) is 2.84. The molecule has 0 aromatic heterocycles. The third-order valence-electron chi connectivity index (χ3n) is 2.94. The minimum Gasteiger partial charge on any atom is -0.383 e. The van der Waals surface area contributed by atoms with Gasteiger partial charge in [-0.2, -0.15) is 5.26 Å². The van der Waals surface area contributed by atoms with Gasteiger partial charge in [-0.05, 0) is 12.0 Å². The highest BCUT2D eigenvalue weighted by atomic mass is 16.5. The lowest BCUT2D eigenvalue weighted by molar-refractivity contribution is 0.156. The van der Waals surface area contributed by atoms with E-state index < -0.39 is 0 Å². The molecule has 98 valence electrons. The van der Waals surface area contributed by atoms with Crippen LogP contribution in [0.5, 0.6) is 0 Å². The van der Waals surface area contributed by atoms with Crippen LogP contribution in [0.4, 0.5) is 0 Å². The zero-order valence-electron chi connectivity index (χ0n) is 11.2. The van der Waals surface area contributed by atoms with Gasteiger partial charge in [0.1, 0.15) is 0 Å². The summed E-state index contributed by atoms with van der Waals surface area (Å²) in [6.07, 6.45) is 2.64. The fourth-order valence-electron chi connectivity index (χ4n) is 2.10. The Morgan fingerprint density at radius 2 is 2.06 bits per heavy atom. The summed E-state index contributed by atoms with van der Waals surface area (Å²) in [7, 11) is 1.71. The predicted molar refractivity (Wildman–Crippen MR) is 73.1 cm³/mol. The molecule has 0 amide bonds. The average Bonchev–Trinajstić information content (AvgIpc) is 2.40. The van der Waals surface area contributed by atoms with Crippen LogP contribution in [0.3, 0.4) is 0 Å². The maximum atomic E-state index is 8.95. The quantitative estimate of drug-likeness (QED) is 0.766. The van der Waals surface area contributed by atoms with Gasteiger partial charge >= 0.3 is 0 Å². The summed E-state index contributed by atoms with van der Waals surface area (Å²) in [6, 6.07) is 12.8. The van der Waals surface area contributed by atoms with Gasteiger partial charge in [0.25, 0.3) is 0 Å². The van der Waals surface area contributed by atoms with Crippen LogP contribution in [0.2, 0.25) is 0 Å². The van der Waals surface area contributed by atoms with E-state index in [9.17, 15) is 0 Å². The molecule has 2 atom stereocenters. The molecule has 1 rings (SSSR count). The van der Waals surface area contributed by atoms with E-state index in [1.54, 1.807) is 7.11 Å². The molecule has 2 unspecified atom stereocenters. The lowest BCUT2D eigenvalue weighted by Crippen LogP contribution is -2.36. The zero-order valence-corrected chi connectivity index (χ0v) is 11.2. The number of nitrogens with zero attached hydrogens (tertiary/aromatic N) is 1. The van der Waals surface area contributed by atoms with E-state index in [-0.39, 0.29) is 6.04 Å². The van der Waals surface area contributed by atoms with E-state index >= 15 is 0 Å². The first-order valence-corrected chi connectivity index (χ1v) is 6.48. The Morgan fingerprint density at radius 1 is 1.33 bits per heavy atom. The molecule has 0 heterocycles. The van der Waals surface area contributed by atoms with Gasteiger partial charge < -0.3 is 10.1 Å². The number of nitriles is 1. The van der Waals surface area contributed by atoms with E-state index in [2.05, 4.69) is 30.4 Å². The van der Waals surface area contributed by atoms with Gasteiger partial charge in [0.2, 0.25) is 0 Å². The molecule has 3 nitrogen and oxygen atoms in total. The van der Waals surface area contributed by atoms with Crippen molar-refractivity contribution in [1.82, 2.24) is 5.32 Å². The monoisotopic (exact) mass is 246 g/mol. The van der Waals surface area contributed by atoms with Crippen molar-refractivity contribution in [2.45, 2.75) is 38.3 Å². The number of benzene rings is 1. The number of rotatable bonds is 8. The van der Waals surface area contributed by atoms with Gasteiger partial charge in [0.15, 0.2) is 0 Å². The van der Waals surface area contributed by atoms with Crippen LogP contribution in [0.1, 0.15) is 37.8 Å². The van der Waals surface area contributed by atoms with Crippen molar-refractivity contribution in [3.8, 4) is 6.07 Å². The summed E-state index contributed by atoms with van der Waals surface area (Å²) >= 11 is 0. The Morgan fingerprint density at radius 3 is 2.61 bits per heavy atom. The molecule has 0 aliphatic carbocycles. The minimum absolute atomic E-state index is 0.0860. The number of hydrogen-bond donors (Lipinski definition) is 1. The van der Waals surface area contributed by atoms with Crippen LogP contribution in [0, 0.1) is 11.3 Å². The highest BCUT2D eigenvalue weighted by Gasteiger charge is 2.16. The third-order valence-corrected chi connectivity index (χ3v) is 2.94. The van der Waals surface area contributed by atoms with Gasteiger partial charge in [0, 0.05) is 19.2 Å². The fraction of sp³-hybridized carbons (Fsp3) is 0.533.